The summed E-state index contributed by atoms with van der Waals surface area (Å²) in [6, 6.07) is 84.4. The van der Waals surface area contributed by atoms with E-state index in [0.29, 0.717) is 0 Å². The first-order valence-electron chi connectivity index (χ1n) is 22.9. The standard InChI is InChI=1S/C63H40N2/c1-62-49-26-10-5-21-45(49)46-25-16-32-57(60(46)62)65(41-35-33-39(34-36-41)42-24-15-31-56-58(42)48-23-9-14-30-55(48)64(56)40-17-3-2-4-18-40)61-54(62)38-37-53-59(61)47-22-8-13-29-52(47)63(53)50-27-11-6-19-43(50)44-20-7-12-28-51(44)63/h2-38H,1H3. The van der Waals surface area contributed by atoms with Crippen molar-refractivity contribution in [1.82, 2.24) is 4.57 Å². The maximum absolute atomic E-state index is 2.62. The van der Waals surface area contributed by atoms with Gasteiger partial charge in [0.1, 0.15) is 0 Å². The fraction of sp³-hybridized carbons (Fsp3) is 0.0476. The van der Waals surface area contributed by atoms with Gasteiger partial charge in [0.2, 0.25) is 0 Å². The molecule has 0 amide bonds. The normalized spacial score (nSPS) is 16.2. The molecule has 15 rings (SSSR count). The number of para-hydroxylation sites is 2. The molecule has 1 atom stereocenters. The van der Waals surface area contributed by atoms with E-state index in [0.717, 1.165) is 5.69 Å². The molecule has 0 N–H and O–H groups in total. The van der Waals surface area contributed by atoms with Crippen LogP contribution in [0.15, 0.2) is 224 Å². The third kappa shape index (κ3) is 4.21. The summed E-state index contributed by atoms with van der Waals surface area (Å²) in [6.45, 7) is 2.48. The number of fused-ring (bicyclic) bond motifs is 19. The Morgan fingerprint density at radius 3 is 1.63 bits per heavy atom. The van der Waals surface area contributed by atoms with Crippen LogP contribution in [0.1, 0.15) is 45.9 Å². The van der Waals surface area contributed by atoms with Crippen LogP contribution in [0.4, 0.5) is 17.1 Å². The SMILES string of the molecule is CC12c3ccccc3-c3cccc(c31)N(c1ccc(-c3cccc4c3c3ccccc3n4-c3ccccc3)cc1)c1c2ccc2c1-c1ccccc1C21c2ccccc2-c2ccccc21. The van der Waals surface area contributed by atoms with Crippen LogP contribution >= 0.6 is 0 Å². The second-order valence-corrected chi connectivity index (χ2v) is 18.4. The van der Waals surface area contributed by atoms with Gasteiger partial charge in [-0.25, -0.2) is 0 Å². The van der Waals surface area contributed by atoms with Crippen molar-refractivity contribution >= 4 is 38.9 Å². The zero-order chi connectivity index (χ0) is 42.6. The molecule has 3 aliphatic carbocycles. The molecule has 4 aliphatic rings. The van der Waals surface area contributed by atoms with Crippen LogP contribution in [0.2, 0.25) is 0 Å². The predicted molar refractivity (Wildman–Crippen MR) is 268 cm³/mol. The van der Waals surface area contributed by atoms with Gasteiger partial charge in [0.05, 0.1) is 27.8 Å². The summed E-state index contributed by atoms with van der Waals surface area (Å²) in [5, 5.41) is 2.53. The maximum Gasteiger partial charge on any atom is 0.0726 e. The number of hydrogen-bond acceptors (Lipinski definition) is 1. The molecule has 1 aliphatic heterocycles. The average Bonchev–Trinajstić information content (AvgIpc) is 4.06. The summed E-state index contributed by atoms with van der Waals surface area (Å²) in [5.74, 6) is 0. The Bertz CT molecular complexity index is 3810. The fourth-order valence-corrected chi connectivity index (χ4v) is 13.1. The van der Waals surface area contributed by atoms with E-state index in [9.17, 15) is 0 Å². The zero-order valence-corrected chi connectivity index (χ0v) is 35.8. The van der Waals surface area contributed by atoms with Crippen LogP contribution in [0.3, 0.4) is 0 Å². The van der Waals surface area contributed by atoms with Gasteiger partial charge in [-0.2, -0.15) is 0 Å². The summed E-state index contributed by atoms with van der Waals surface area (Å²) in [6.07, 6.45) is 0. The van der Waals surface area contributed by atoms with Gasteiger partial charge in [0.25, 0.3) is 0 Å². The number of benzene rings is 10. The van der Waals surface area contributed by atoms with Crippen molar-refractivity contribution in [3.63, 3.8) is 0 Å². The topological polar surface area (TPSA) is 8.17 Å². The maximum atomic E-state index is 2.62. The third-order valence-electron chi connectivity index (χ3n) is 15.6. The van der Waals surface area contributed by atoms with Crippen LogP contribution in [0, 0.1) is 0 Å². The minimum atomic E-state index is -0.447. The van der Waals surface area contributed by atoms with Crippen LogP contribution in [-0.2, 0) is 10.8 Å². The molecular formula is C63H40N2. The van der Waals surface area contributed by atoms with Crippen molar-refractivity contribution < 1.29 is 0 Å². The van der Waals surface area contributed by atoms with Crippen molar-refractivity contribution in [2.75, 3.05) is 4.90 Å². The highest BCUT2D eigenvalue weighted by molar-refractivity contribution is 6.16. The van der Waals surface area contributed by atoms with E-state index < -0.39 is 5.41 Å². The van der Waals surface area contributed by atoms with E-state index in [1.807, 2.05) is 0 Å². The van der Waals surface area contributed by atoms with Gasteiger partial charge >= 0.3 is 0 Å². The molecular weight excluding hydrogens is 785 g/mol. The Labute approximate surface area is 378 Å². The van der Waals surface area contributed by atoms with Crippen molar-refractivity contribution in [2.45, 2.75) is 17.8 Å². The summed E-state index contributed by atoms with van der Waals surface area (Å²) >= 11 is 0. The lowest BCUT2D eigenvalue weighted by Gasteiger charge is -2.44. The Hall–Kier alpha value is -8.20. The highest BCUT2D eigenvalue weighted by Gasteiger charge is 2.55. The van der Waals surface area contributed by atoms with E-state index >= 15 is 0 Å². The molecule has 2 nitrogen and oxygen atoms in total. The lowest BCUT2D eigenvalue weighted by molar-refractivity contribution is 0.700. The van der Waals surface area contributed by atoms with Gasteiger partial charge in [-0.3, -0.25) is 0 Å². The fourth-order valence-electron chi connectivity index (χ4n) is 13.1. The van der Waals surface area contributed by atoms with Crippen LogP contribution < -0.4 is 4.90 Å². The first-order chi connectivity index (χ1) is 32.2. The Morgan fingerprint density at radius 2 is 0.892 bits per heavy atom. The van der Waals surface area contributed by atoms with Gasteiger partial charge in [0.15, 0.2) is 0 Å². The third-order valence-corrected chi connectivity index (χ3v) is 15.6. The Balaban J connectivity index is 1.00. The van der Waals surface area contributed by atoms with E-state index in [1.165, 1.54) is 122 Å². The molecule has 10 aromatic carbocycles. The lowest BCUT2D eigenvalue weighted by Crippen LogP contribution is -2.33. The molecule has 1 spiro atoms. The van der Waals surface area contributed by atoms with Crippen molar-refractivity contribution in [3.8, 4) is 50.2 Å². The number of anilines is 3. The number of rotatable bonds is 3. The van der Waals surface area contributed by atoms with Gasteiger partial charge in [-0.15, -0.1) is 0 Å². The van der Waals surface area contributed by atoms with Crippen molar-refractivity contribution in [2.24, 2.45) is 0 Å². The van der Waals surface area contributed by atoms with Crippen LogP contribution in [0.5, 0.6) is 0 Å². The van der Waals surface area contributed by atoms with Gasteiger partial charge in [0, 0.05) is 33.1 Å². The molecule has 1 aromatic heterocycles. The highest BCUT2D eigenvalue weighted by Crippen LogP contribution is 2.69. The monoisotopic (exact) mass is 824 g/mol. The summed E-state index contributed by atoms with van der Waals surface area (Å²) in [5.41, 5.74) is 26.4. The van der Waals surface area contributed by atoms with Crippen LogP contribution in [-0.4, -0.2) is 4.57 Å². The minimum Gasteiger partial charge on any atom is -0.309 e. The molecule has 0 radical (unpaired) electrons. The molecule has 302 valence electrons. The summed E-state index contributed by atoms with van der Waals surface area (Å²) in [7, 11) is 0. The van der Waals surface area contributed by atoms with Crippen LogP contribution in [0.25, 0.3) is 72.0 Å². The predicted octanol–water partition coefficient (Wildman–Crippen LogP) is 15.9. The first-order valence-corrected chi connectivity index (χ1v) is 22.9. The lowest BCUT2D eigenvalue weighted by atomic mass is 9.67. The molecule has 11 aromatic rings. The number of hydrogen-bond donors (Lipinski definition) is 0. The largest absolute Gasteiger partial charge is 0.309 e. The first kappa shape index (κ1) is 35.3. The highest BCUT2D eigenvalue weighted by atomic mass is 15.2. The Morgan fingerprint density at radius 1 is 0.354 bits per heavy atom. The second-order valence-electron chi connectivity index (χ2n) is 18.4. The molecule has 2 heterocycles. The Kier molecular flexibility index (Phi) is 6.78. The molecule has 65 heavy (non-hydrogen) atoms. The number of nitrogens with zero attached hydrogens (tertiary/aromatic N) is 2. The summed E-state index contributed by atoms with van der Waals surface area (Å²) < 4.78 is 2.41. The van der Waals surface area contributed by atoms with Crippen molar-refractivity contribution in [3.05, 3.63) is 263 Å². The second kappa shape index (κ2) is 12.5. The van der Waals surface area contributed by atoms with E-state index in [4.69, 9.17) is 0 Å². The molecule has 0 saturated carbocycles. The zero-order valence-electron chi connectivity index (χ0n) is 35.8. The van der Waals surface area contributed by atoms with Crippen molar-refractivity contribution in [1.29, 1.82) is 0 Å². The molecule has 0 bridgehead atoms. The number of aromatic nitrogens is 1. The molecule has 0 saturated heterocycles. The van der Waals surface area contributed by atoms with E-state index in [-0.39, 0.29) is 5.41 Å². The van der Waals surface area contributed by atoms with Gasteiger partial charge in [-0.05, 0) is 127 Å². The molecule has 0 fully saturated rings. The van der Waals surface area contributed by atoms with Gasteiger partial charge < -0.3 is 9.47 Å². The summed E-state index contributed by atoms with van der Waals surface area (Å²) in [4.78, 5) is 2.62. The smallest absolute Gasteiger partial charge is 0.0726 e. The molecule has 2 heteroatoms. The molecule has 1 unspecified atom stereocenters. The van der Waals surface area contributed by atoms with Gasteiger partial charge in [-0.1, -0.05) is 182 Å². The average molecular weight is 825 g/mol. The van der Waals surface area contributed by atoms with E-state index in [2.05, 4.69) is 241 Å². The minimum absolute atomic E-state index is 0.359. The van der Waals surface area contributed by atoms with E-state index in [1.54, 1.807) is 0 Å². The quantitative estimate of drug-likeness (QED) is 0.172.